The van der Waals surface area contributed by atoms with E-state index in [4.69, 9.17) is 11.6 Å². The van der Waals surface area contributed by atoms with Crippen molar-refractivity contribution in [3.8, 4) is 0 Å². The van der Waals surface area contributed by atoms with Crippen molar-refractivity contribution >= 4 is 33.0 Å². The number of halogens is 1. The zero-order valence-corrected chi connectivity index (χ0v) is 13.9. The van der Waals surface area contributed by atoms with E-state index in [0.29, 0.717) is 10.8 Å². The molecule has 0 aliphatic heterocycles. The molecule has 0 fully saturated rings. The van der Waals surface area contributed by atoms with Crippen LogP contribution in [0.4, 0.5) is 0 Å². The smallest absolute Gasteiger partial charge is 0.250 e. The molecule has 1 aromatic rings. The van der Waals surface area contributed by atoms with Crippen molar-refractivity contribution in [2.24, 2.45) is 5.92 Å². The minimum atomic E-state index is -3.67. The minimum absolute atomic E-state index is 0.00941. The summed E-state index contributed by atoms with van der Waals surface area (Å²) in [7, 11) is -3.67. The Morgan fingerprint density at radius 3 is 2.65 bits per heavy atom. The van der Waals surface area contributed by atoms with Crippen molar-refractivity contribution in [3.05, 3.63) is 29.1 Å². The fraction of sp³-hybridized carbons (Fsp3) is 0.538. The number of hydrogen-bond acceptors (Lipinski definition) is 4. The SMILES string of the molecule is C=CCC(O)[C@H](NS(=O)(=O)c1ccc(Cl)s1)[C@@H](C)CC. The van der Waals surface area contributed by atoms with Crippen LogP contribution in [0.3, 0.4) is 0 Å². The van der Waals surface area contributed by atoms with Crippen molar-refractivity contribution < 1.29 is 13.5 Å². The molecule has 0 saturated carbocycles. The molecule has 114 valence electrons. The average molecular weight is 338 g/mol. The van der Waals surface area contributed by atoms with Gasteiger partial charge in [-0.3, -0.25) is 0 Å². The summed E-state index contributed by atoms with van der Waals surface area (Å²) in [5.41, 5.74) is 0. The number of thiophene rings is 1. The Labute approximate surface area is 129 Å². The number of nitrogens with one attached hydrogen (secondary N) is 1. The molecule has 0 aliphatic carbocycles. The Morgan fingerprint density at radius 1 is 1.55 bits per heavy atom. The highest BCUT2D eigenvalue weighted by Crippen LogP contribution is 2.26. The molecule has 2 N–H and O–H groups in total. The first kappa shape index (κ1) is 17.7. The Balaban J connectivity index is 2.96. The molecule has 20 heavy (non-hydrogen) atoms. The third-order valence-corrected chi connectivity index (χ3v) is 6.37. The van der Waals surface area contributed by atoms with E-state index in [9.17, 15) is 13.5 Å². The van der Waals surface area contributed by atoms with Gasteiger partial charge in [0.15, 0.2) is 0 Å². The maximum absolute atomic E-state index is 12.3. The second-order valence-corrected chi connectivity index (χ2v) is 8.34. The topological polar surface area (TPSA) is 66.4 Å². The molecule has 1 heterocycles. The van der Waals surface area contributed by atoms with Gasteiger partial charge < -0.3 is 5.11 Å². The predicted octanol–water partition coefficient (Wildman–Crippen LogP) is 3.03. The van der Waals surface area contributed by atoms with Gasteiger partial charge in [0, 0.05) is 0 Å². The van der Waals surface area contributed by atoms with Crippen LogP contribution >= 0.6 is 22.9 Å². The van der Waals surface area contributed by atoms with Gasteiger partial charge in [-0.2, -0.15) is 0 Å². The van der Waals surface area contributed by atoms with Gasteiger partial charge in [-0.15, -0.1) is 17.9 Å². The maximum atomic E-state index is 12.3. The van der Waals surface area contributed by atoms with Gasteiger partial charge in [0.25, 0.3) is 0 Å². The van der Waals surface area contributed by atoms with Crippen LogP contribution in [-0.2, 0) is 10.0 Å². The first-order valence-corrected chi connectivity index (χ1v) is 9.06. The molecule has 3 atom stereocenters. The van der Waals surface area contributed by atoms with Crippen LogP contribution in [0.15, 0.2) is 29.0 Å². The van der Waals surface area contributed by atoms with Crippen molar-refractivity contribution in [1.82, 2.24) is 4.72 Å². The quantitative estimate of drug-likeness (QED) is 0.716. The van der Waals surface area contributed by atoms with Gasteiger partial charge in [-0.1, -0.05) is 37.9 Å². The largest absolute Gasteiger partial charge is 0.391 e. The lowest BCUT2D eigenvalue weighted by Gasteiger charge is -2.28. The lowest BCUT2D eigenvalue weighted by atomic mass is 9.94. The molecule has 0 spiro atoms. The highest BCUT2D eigenvalue weighted by atomic mass is 35.5. The van der Waals surface area contributed by atoms with Gasteiger partial charge in [0.05, 0.1) is 16.5 Å². The standard InChI is InChI=1S/C13H20ClNO3S2/c1-4-6-10(16)13(9(3)5-2)15-20(17,18)12-8-7-11(14)19-12/h4,7-10,13,15-16H,1,5-6H2,2-3H3/t9-,10?,13+/m0/s1. The lowest BCUT2D eigenvalue weighted by molar-refractivity contribution is 0.114. The summed E-state index contributed by atoms with van der Waals surface area (Å²) in [5, 5.41) is 10.1. The molecule has 1 unspecified atom stereocenters. The van der Waals surface area contributed by atoms with E-state index >= 15 is 0 Å². The Morgan fingerprint density at radius 2 is 2.20 bits per heavy atom. The Kier molecular flexibility index (Phi) is 6.68. The first-order valence-electron chi connectivity index (χ1n) is 6.38. The molecular weight excluding hydrogens is 318 g/mol. The molecule has 0 amide bonds. The van der Waals surface area contributed by atoms with Crippen LogP contribution in [0.25, 0.3) is 0 Å². The van der Waals surface area contributed by atoms with E-state index in [-0.39, 0.29) is 10.1 Å². The molecule has 7 heteroatoms. The highest BCUT2D eigenvalue weighted by molar-refractivity contribution is 7.91. The van der Waals surface area contributed by atoms with E-state index in [0.717, 1.165) is 17.8 Å². The van der Waals surface area contributed by atoms with Crippen LogP contribution in [-0.4, -0.2) is 25.7 Å². The predicted molar refractivity (Wildman–Crippen MR) is 83.7 cm³/mol. The second-order valence-electron chi connectivity index (χ2n) is 4.68. The molecular formula is C13H20ClNO3S2. The summed E-state index contributed by atoms with van der Waals surface area (Å²) in [6.07, 6.45) is 1.87. The van der Waals surface area contributed by atoms with E-state index in [1.165, 1.54) is 6.07 Å². The molecule has 0 radical (unpaired) electrons. The minimum Gasteiger partial charge on any atom is -0.391 e. The van der Waals surface area contributed by atoms with Gasteiger partial charge in [-0.25, -0.2) is 13.1 Å². The normalized spacial score (nSPS) is 16.6. The summed E-state index contributed by atoms with van der Waals surface area (Å²) in [5.74, 6) is 0.00941. The van der Waals surface area contributed by atoms with Crippen molar-refractivity contribution in [2.45, 2.75) is 43.0 Å². The highest BCUT2D eigenvalue weighted by Gasteiger charge is 2.29. The van der Waals surface area contributed by atoms with E-state index in [2.05, 4.69) is 11.3 Å². The summed E-state index contributed by atoms with van der Waals surface area (Å²) in [6, 6.07) is 2.45. The third kappa shape index (κ3) is 4.56. The Bertz CT molecular complexity index is 542. The molecule has 0 saturated heterocycles. The van der Waals surface area contributed by atoms with Crippen LogP contribution in [0.1, 0.15) is 26.7 Å². The lowest BCUT2D eigenvalue weighted by Crippen LogP contribution is -2.46. The zero-order valence-electron chi connectivity index (χ0n) is 11.5. The van der Waals surface area contributed by atoms with Crippen molar-refractivity contribution in [2.75, 3.05) is 0 Å². The van der Waals surface area contributed by atoms with Crippen LogP contribution in [0, 0.1) is 5.92 Å². The van der Waals surface area contributed by atoms with Crippen LogP contribution in [0.2, 0.25) is 4.34 Å². The van der Waals surface area contributed by atoms with E-state index in [1.807, 2.05) is 13.8 Å². The summed E-state index contributed by atoms with van der Waals surface area (Å²) in [6.45, 7) is 7.43. The fourth-order valence-electron chi connectivity index (χ4n) is 1.82. The van der Waals surface area contributed by atoms with Gasteiger partial charge in [-0.05, 0) is 24.5 Å². The van der Waals surface area contributed by atoms with Crippen LogP contribution < -0.4 is 4.72 Å². The summed E-state index contributed by atoms with van der Waals surface area (Å²) >= 11 is 6.76. The fourth-order valence-corrected chi connectivity index (χ4v) is 4.70. The molecule has 0 aliphatic rings. The average Bonchev–Trinajstić information content (AvgIpc) is 2.83. The van der Waals surface area contributed by atoms with Gasteiger partial charge >= 0.3 is 0 Å². The number of hydrogen-bond donors (Lipinski definition) is 2. The molecule has 0 aromatic carbocycles. The van der Waals surface area contributed by atoms with Gasteiger partial charge in [0.2, 0.25) is 10.0 Å². The third-order valence-electron chi connectivity index (χ3n) is 3.18. The molecule has 1 aromatic heterocycles. The van der Waals surface area contributed by atoms with Crippen molar-refractivity contribution in [1.29, 1.82) is 0 Å². The number of sulfonamides is 1. The number of rotatable bonds is 8. The Hall–Kier alpha value is -0.400. The maximum Gasteiger partial charge on any atom is 0.250 e. The zero-order chi connectivity index (χ0) is 15.3. The molecule has 1 rings (SSSR count). The first-order chi connectivity index (χ1) is 9.31. The number of aliphatic hydroxyl groups excluding tert-OH is 1. The molecule has 4 nitrogen and oxygen atoms in total. The summed E-state index contributed by atoms with van der Waals surface area (Å²) < 4.78 is 27.7. The monoisotopic (exact) mass is 337 g/mol. The van der Waals surface area contributed by atoms with Crippen molar-refractivity contribution in [3.63, 3.8) is 0 Å². The van der Waals surface area contributed by atoms with E-state index in [1.54, 1.807) is 12.1 Å². The second kappa shape index (κ2) is 7.56. The number of aliphatic hydroxyl groups is 1. The molecule has 0 bridgehead atoms. The van der Waals surface area contributed by atoms with Gasteiger partial charge in [0.1, 0.15) is 4.21 Å². The van der Waals surface area contributed by atoms with Crippen LogP contribution in [0.5, 0.6) is 0 Å². The van der Waals surface area contributed by atoms with E-state index < -0.39 is 22.2 Å². The summed E-state index contributed by atoms with van der Waals surface area (Å²) in [4.78, 5) is 0.